The second kappa shape index (κ2) is 9.58. The van der Waals surface area contributed by atoms with E-state index in [9.17, 15) is 14.9 Å². The number of carbonyl (C=O) groups excluding carboxylic acids is 1. The maximum atomic E-state index is 12.4. The molecule has 1 N–H and O–H groups in total. The van der Waals surface area contributed by atoms with Crippen molar-refractivity contribution < 1.29 is 14.5 Å². The number of carbonyl (C=O) groups is 1. The quantitative estimate of drug-likeness (QED) is 0.270. The smallest absolute Gasteiger partial charge is 0.293 e. The van der Waals surface area contributed by atoms with Crippen molar-refractivity contribution in [1.82, 2.24) is 14.8 Å². The average molecular weight is 474 g/mol. The van der Waals surface area contributed by atoms with Gasteiger partial charge in [-0.3, -0.25) is 19.5 Å². The van der Waals surface area contributed by atoms with Crippen LogP contribution in [0.1, 0.15) is 30.3 Å². The van der Waals surface area contributed by atoms with Crippen LogP contribution >= 0.6 is 23.4 Å². The van der Waals surface area contributed by atoms with E-state index in [1.165, 1.54) is 23.9 Å². The highest BCUT2D eigenvalue weighted by Crippen LogP contribution is 2.39. The summed E-state index contributed by atoms with van der Waals surface area (Å²) >= 11 is 7.37. The van der Waals surface area contributed by atoms with E-state index in [-0.39, 0.29) is 35.7 Å². The third-order valence-corrected chi connectivity index (χ3v) is 6.05. The number of nitro groups is 1. The zero-order valence-electron chi connectivity index (χ0n) is 17.2. The third-order valence-electron chi connectivity index (χ3n) is 4.80. The van der Waals surface area contributed by atoms with Crippen molar-refractivity contribution in [2.24, 2.45) is 0 Å². The van der Waals surface area contributed by atoms with E-state index in [1.807, 2.05) is 16.7 Å². The second-order valence-corrected chi connectivity index (χ2v) is 8.68. The van der Waals surface area contributed by atoms with Crippen LogP contribution in [0.15, 0.2) is 47.6 Å². The molecule has 1 aliphatic rings. The Kier molecular flexibility index (Phi) is 6.61. The lowest BCUT2D eigenvalue weighted by molar-refractivity contribution is -0.384. The Morgan fingerprint density at radius 3 is 2.81 bits per heavy atom. The van der Waals surface area contributed by atoms with Gasteiger partial charge in [0.1, 0.15) is 18.0 Å². The number of hydrogen-bond donors (Lipinski definition) is 1. The minimum atomic E-state index is -0.509. The summed E-state index contributed by atoms with van der Waals surface area (Å²) < 4.78 is 7.79. The molecule has 32 heavy (non-hydrogen) atoms. The highest BCUT2D eigenvalue weighted by Gasteiger charge is 2.30. The van der Waals surface area contributed by atoms with Gasteiger partial charge in [-0.15, -0.1) is 10.2 Å². The van der Waals surface area contributed by atoms with E-state index in [0.717, 1.165) is 18.4 Å². The summed E-state index contributed by atoms with van der Waals surface area (Å²) in [5, 5.41) is 23.5. The Bertz CT molecular complexity index is 1160. The minimum absolute atomic E-state index is 0.0429. The fourth-order valence-electron chi connectivity index (χ4n) is 3.12. The molecule has 0 saturated heterocycles. The van der Waals surface area contributed by atoms with Gasteiger partial charge in [0.2, 0.25) is 5.91 Å². The number of benzene rings is 2. The van der Waals surface area contributed by atoms with Gasteiger partial charge in [-0.05, 0) is 43.5 Å². The molecular formula is C21H20ClN5O4S. The molecule has 0 radical (unpaired) electrons. The molecule has 4 rings (SSSR count). The number of hydrogen-bond acceptors (Lipinski definition) is 7. The standard InChI is InChI=1S/C21H20ClN5O4S/c1-13-6-9-16(17(10-13)27(29)30)23-20(28)12-32-21-25-24-19(26(21)14-7-8-14)11-31-18-5-3-2-4-15(18)22/h2-6,9-10,14H,7-8,11-12H2,1H3,(H,23,28). The Labute approximate surface area is 193 Å². The maximum Gasteiger partial charge on any atom is 0.293 e. The van der Waals surface area contributed by atoms with Gasteiger partial charge in [-0.1, -0.05) is 41.6 Å². The first-order valence-electron chi connectivity index (χ1n) is 9.91. The molecule has 0 atom stereocenters. The van der Waals surface area contributed by atoms with E-state index in [2.05, 4.69) is 15.5 Å². The molecule has 0 unspecified atom stereocenters. The fourth-order valence-corrected chi connectivity index (χ4v) is 4.14. The molecule has 11 heteroatoms. The summed E-state index contributed by atoms with van der Waals surface area (Å²) in [7, 11) is 0. The first-order valence-corrected chi connectivity index (χ1v) is 11.3. The van der Waals surface area contributed by atoms with Crippen molar-refractivity contribution >= 4 is 40.6 Å². The Hall–Kier alpha value is -3.11. The van der Waals surface area contributed by atoms with Gasteiger partial charge in [0.15, 0.2) is 11.0 Å². The molecule has 9 nitrogen and oxygen atoms in total. The van der Waals surface area contributed by atoms with Crippen molar-refractivity contribution in [3.8, 4) is 5.75 Å². The molecule has 0 bridgehead atoms. The summed E-state index contributed by atoms with van der Waals surface area (Å²) in [5.74, 6) is 0.903. The van der Waals surface area contributed by atoms with Crippen LogP contribution in [0.2, 0.25) is 5.02 Å². The Balaban J connectivity index is 1.41. The van der Waals surface area contributed by atoms with Crippen molar-refractivity contribution in [1.29, 1.82) is 0 Å². The number of nitro benzene ring substituents is 1. The third kappa shape index (κ3) is 5.20. The van der Waals surface area contributed by atoms with Crippen LogP contribution in [0.3, 0.4) is 0 Å². The predicted octanol–water partition coefficient (Wildman–Crippen LogP) is 4.79. The largest absolute Gasteiger partial charge is 0.484 e. The first kappa shape index (κ1) is 22.1. The number of para-hydroxylation sites is 1. The predicted molar refractivity (Wildman–Crippen MR) is 121 cm³/mol. The van der Waals surface area contributed by atoms with Gasteiger partial charge in [0.05, 0.1) is 15.7 Å². The summed E-state index contributed by atoms with van der Waals surface area (Å²) in [6, 6.07) is 12.2. The summed E-state index contributed by atoms with van der Waals surface area (Å²) in [6.07, 6.45) is 2.01. The van der Waals surface area contributed by atoms with Gasteiger partial charge in [0, 0.05) is 12.1 Å². The lowest BCUT2D eigenvalue weighted by Crippen LogP contribution is -2.16. The monoisotopic (exact) mass is 473 g/mol. The van der Waals surface area contributed by atoms with E-state index in [4.69, 9.17) is 16.3 Å². The average Bonchev–Trinajstić information content (AvgIpc) is 3.52. The van der Waals surface area contributed by atoms with E-state index < -0.39 is 4.92 Å². The number of halogens is 1. The number of nitrogens with one attached hydrogen (secondary N) is 1. The van der Waals surface area contributed by atoms with Crippen LogP contribution in [0.25, 0.3) is 0 Å². The minimum Gasteiger partial charge on any atom is -0.484 e. The molecular weight excluding hydrogens is 454 g/mol. The zero-order valence-corrected chi connectivity index (χ0v) is 18.7. The lowest BCUT2D eigenvalue weighted by atomic mass is 10.2. The number of amides is 1. The van der Waals surface area contributed by atoms with Gasteiger partial charge in [-0.2, -0.15) is 0 Å². The molecule has 1 aromatic heterocycles. The lowest BCUT2D eigenvalue weighted by Gasteiger charge is -2.11. The molecule has 166 valence electrons. The zero-order chi connectivity index (χ0) is 22.7. The highest BCUT2D eigenvalue weighted by molar-refractivity contribution is 7.99. The van der Waals surface area contributed by atoms with Crippen LogP contribution in [0.4, 0.5) is 11.4 Å². The topological polar surface area (TPSA) is 112 Å². The molecule has 2 aromatic carbocycles. The van der Waals surface area contributed by atoms with Crippen molar-refractivity contribution in [3.63, 3.8) is 0 Å². The van der Waals surface area contributed by atoms with Crippen LogP contribution in [-0.2, 0) is 11.4 Å². The van der Waals surface area contributed by atoms with E-state index >= 15 is 0 Å². The Morgan fingerprint density at radius 2 is 2.09 bits per heavy atom. The van der Waals surface area contributed by atoms with Gasteiger partial charge >= 0.3 is 0 Å². The fraction of sp³-hybridized carbons (Fsp3) is 0.286. The van der Waals surface area contributed by atoms with E-state index in [1.54, 1.807) is 25.1 Å². The van der Waals surface area contributed by atoms with Crippen molar-refractivity contribution in [2.75, 3.05) is 11.1 Å². The van der Waals surface area contributed by atoms with Crippen LogP contribution in [0, 0.1) is 17.0 Å². The summed E-state index contributed by atoms with van der Waals surface area (Å²) in [5.41, 5.74) is 0.778. The number of thioether (sulfide) groups is 1. The maximum absolute atomic E-state index is 12.4. The van der Waals surface area contributed by atoms with Crippen LogP contribution < -0.4 is 10.1 Å². The van der Waals surface area contributed by atoms with Gasteiger partial charge in [-0.25, -0.2) is 0 Å². The first-order chi connectivity index (χ1) is 15.4. The van der Waals surface area contributed by atoms with E-state index in [0.29, 0.717) is 21.8 Å². The molecule has 0 spiro atoms. The normalized spacial score (nSPS) is 13.1. The molecule has 1 amide bonds. The molecule has 0 aliphatic heterocycles. The number of rotatable bonds is 9. The molecule has 1 aliphatic carbocycles. The number of anilines is 1. The molecule has 3 aromatic rings. The number of nitrogens with zero attached hydrogens (tertiary/aromatic N) is 4. The summed E-state index contributed by atoms with van der Waals surface area (Å²) in [4.78, 5) is 23.2. The molecule has 1 saturated carbocycles. The highest BCUT2D eigenvalue weighted by atomic mass is 35.5. The number of ether oxygens (including phenoxy) is 1. The summed E-state index contributed by atoms with van der Waals surface area (Å²) in [6.45, 7) is 1.96. The van der Waals surface area contributed by atoms with Gasteiger partial charge in [0.25, 0.3) is 5.69 Å². The number of aryl methyl sites for hydroxylation is 1. The van der Waals surface area contributed by atoms with Crippen LogP contribution in [-0.4, -0.2) is 31.3 Å². The second-order valence-electron chi connectivity index (χ2n) is 7.33. The molecule has 1 fully saturated rings. The Morgan fingerprint density at radius 1 is 1.31 bits per heavy atom. The SMILES string of the molecule is Cc1ccc(NC(=O)CSc2nnc(COc3ccccc3Cl)n2C2CC2)c([N+](=O)[O-])c1. The molecule has 1 heterocycles. The van der Waals surface area contributed by atoms with Gasteiger partial charge < -0.3 is 10.1 Å². The van der Waals surface area contributed by atoms with Crippen molar-refractivity contribution in [3.05, 3.63) is 69.0 Å². The van der Waals surface area contributed by atoms with Crippen molar-refractivity contribution in [2.45, 2.75) is 37.6 Å². The number of aromatic nitrogens is 3. The van der Waals surface area contributed by atoms with Crippen LogP contribution in [0.5, 0.6) is 5.75 Å².